The predicted molar refractivity (Wildman–Crippen MR) is 122 cm³/mol. The first-order chi connectivity index (χ1) is 15.6. The van der Waals surface area contributed by atoms with Crippen molar-refractivity contribution in [3.63, 3.8) is 0 Å². The summed E-state index contributed by atoms with van der Waals surface area (Å²) in [6, 6.07) is 8.84. The van der Waals surface area contributed by atoms with Gasteiger partial charge in [-0.3, -0.25) is 4.79 Å². The van der Waals surface area contributed by atoms with Gasteiger partial charge in [0.1, 0.15) is 10.5 Å². The summed E-state index contributed by atoms with van der Waals surface area (Å²) in [5.41, 5.74) is 0.212. The number of thiophene rings is 1. The number of pyridine rings is 1. The largest absolute Gasteiger partial charge is 0.433 e. The van der Waals surface area contributed by atoms with E-state index in [0.717, 1.165) is 17.4 Å². The van der Waals surface area contributed by atoms with Crippen LogP contribution in [-0.4, -0.2) is 52.9 Å². The van der Waals surface area contributed by atoms with Crippen molar-refractivity contribution in [2.45, 2.75) is 19.5 Å². The maximum absolute atomic E-state index is 13.2. The molecular formula is C22H20ClF3N4O2S. The van der Waals surface area contributed by atoms with Crippen LogP contribution in [0.1, 0.15) is 27.3 Å². The van der Waals surface area contributed by atoms with Crippen molar-refractivity contribution in [2.75, 3.05) is 31.5 Å². The third-order valence-corrected chi connectivity index (χ3v) is 6.86. The number of aryl methyl sites for hydroxylation is 1. The molecule has 2 aromatic heterocycles. The van der Waals surface area contributed by atoms with E-state index in [-0.39, 0.29) is 16.8 Å². The van der Waals surface area contributed by atoms with Crippen LogP contribution in [0.4, 0.5) is 23.7 Å². The quantitative estimate of drug-likeness (QED) is 0.498. The molecule has 6 nitrogen and oxygen atoms in total. The number of nitrogens with one attached hydrogen (secondary N) is 1. The van der Waals surface area contributed by atoms with E-state index >= 15 is 0 Å². The van der Waals surface area contributed by atoms with E-state index < -0.39 is 11.9 Å². The zero-order valence-corrected chi connectivity index (χ0v) is 19.2. The fourth-order valence-corrected chi connectivity index (χ4v) is 5.04. The maximum atomic E-state index is 13.2. The van der Waals surface area contributed by atoms with Crippen molar-refractivity contribution in [1.29, 1.82) is 0 Å². The lowest BCUT2D eigenvalue weighted by Gasteiger charge is -2.22. The van der Waals surface area contributed by atoms with Gasteiger partial charge in [0.25, 0.3) is 5.91 Å². The molecule has 1 N–H and O–H groups in total. The van der Waals surface area contributed by atoms with E-state index in [1.807, 2.05) is 0 Å². The number of rotatable bonds is 2. The lowest BCUT2D eigenvalue weighted by atomic mass is 10.1. The van der Waals surface area contributed by atoms with Gasteiger partial charge < -0.3 is 15.1 Å². The van der Waals surface area contributed by atoms with Gasteiger partial charge in [-0.25, -0.2) is 9.78 Å². The van der Waals surface area contributed by atoms with Gasteiger partial charge in [0, 0.05) is 42.3 Å². The average Bonchev–Trinajstić information content (AvgIpc) is 2.93. The molecule has 3 amide bonds. The van der Waals surface area contributed by atoms with Gasteiger partial charge in [-0.15, -0.1) is 11.3 Å². The van der Waals surface area contributed by atoms with Crippen LogP contribution in [0.25, 0.3) is 10.2 Å². The molecule has 1 aliphatic rings. The first kappa shape index (κ1) is 23.3. The van der Waals surface area contributed by atoms with Crippen LogP contribution in [0, 0.1) is 6.92 Å². The van der Waals surface area contributed by atoms with Crippen LogP contribution >= 0.6 is 22.9 Å². The molecule has 174 valence electrons. The number of amides is 3. The summed E-state index contributed by atoms with van der Waals surface area (Å²) in [4.78, 5) is 33.3. The monoisotopic (exact) mass is 496 g/mol. The molecule has 3 aromatic rings. The third kappa shape index (κ3) is 5.06. The highest BCUT2D eigenvalue weighted by Crippen LogP contribution is 2.34. The molecule has 1 aliphatic heterocycles. The molecule has 33 heavy (non-hydrogen) atoms. The highest BCUT2D eigenvalue weighted by Gasteiger charge is 2.33. The van der Waals surface area contributed by atoms with Crippen molar-refractivity contribution in [1.82, 2.24) is 14.8 Å². The van der Waals surface area contributed by atoms with Crippen molar-refractivity contribution in [3.05, 3.63) is 57.6 Å². The predicted octanol–water partition coefficient (Wildman–Crippen LogP) is 5.66. The molecule has 1 aromatic carbocycles. The minimum Gasteiger partial charge on any atom is -0.336 e. The normalized spacial score (nSPS) is 14.9. The van der Waals surface area contributed by atoms with Crippen LogP contribution in [-0.2, 0) is 6.18 Å². The Balaban J connectivity index is 1.46. The second-order valence-corrected chi connectivity index (χ2v) is 9.11. The molecule has 0 saturated carbocycles. The summed E-state index contributed by atoms with van der Waals surface area (Å²) in [5, 5.41) is 3.85. The Bertz CT molecular complexity index is 1210. The Labute approximate surface area is 197 Å². The minimum absolute atomic E-state index is 0.183. The highest BCUT2D eigenvalue weighted by molar-refractivity contribution is 7.20. The molecule has 0 unspecified atom stereocenters. The standard InChI is InChI=1S/C22H20ClF3N4O2S/c1-13-16-6-7-17(22(24,25)26)28-19(16)33-18(13)20(31)29-8-3-9-30(11-10-29)21(32)27-15-5-2-4-14(23)12-15/h2,4-7,12H,3,8-11H2,1H3,(H,27,32). The van der Waals surface area contributed by atoms with Gasteiger partial charge in [0.05, 0.1) is 4.88 Å². The van der Waals surface area contributed by atoms with Crippen molar-refractivity contribution in [2.24, 2.45) is 0 Å². The number of hydrogen-bond donors (Lipinski definition) is 1. The van der Waals surface area contributed by atoms with E-state index in [1.54, 1.807) is 41.0 Å². The molecule has 3 heterocycles. The Morgan fingerprint density at radius 1 is 1.09 bits per heavy atom. The van der Waals surface area contributed by atoms with Crippen LogP contribution in [0.2, 0.25) is 5.02 Å². The van der Waals surface area contributed by atoms with Gasteiger partial charge >= 0.3 is 12.2 Å². The molecule has 4 rings (SSSR count). The Kier molecular flexibility index (Phi) is 6.49. The summed E-state index contributed by atoms with van der Waals surface area (Å²) >= 11 is 6.92. The first-order valence-electron chi connectivity index (χ1n) is 10.2. The number of benzene rings is 1. The summed E-state index contributed by atoms with van der Waals surface area (Å²) in [7, 11) is 0. The summed E-state index contributed by atoms with van der Waals surface area (Å²) in [6.45, 7) is 3.27. The second-order valence-electron chi connectivity index (χ2n) is 7.68. The number of nitrogens with zero attached hydrogens (tertiary/aromatic N) is 3. The number of carbonyl (C=O) groups is 2. The van der Waals surface area contributed by atoms with Gasteiger partial charge in [-0.1, -0.05) is 17.7 Å². The number of anilines is 1. The highest BCUT2D eigenvalue weighted by atomic mass is 35.5. The molecule has 0 spiro atoms. The Hall–Kier alpha value is -2.85. The molecule has 1 saturated heterocycles. The van der Waals surface area contributed by atoms with E-state index in [2.05, 4.69) is 10.3 Å². The molecule has 0 radical (unpaired) electrons. The van der Waals surface area contributed by atoms with Crippen molar-refractivity contribution >= 4 is 50.8 Å². The van der Waals surface area contributed by atoms with Gasteiger partial charge in [-0.05, 0) is 49.2 Å². The first-order valence-corrected chi connectivity index (χ1v) is 11.4. The van der Waals surface area contributed by atoms with Crippen molar-refractivity contribution < 1.29 is 22.8 Å². The molecular weight excluding hydrogens is 477 g/mol. The lowest BCUT2D eigenvalue weighted by molar-refractivity contribution is -0.140. The minimum atomic E-state index is -4.55. The number of aromatic nitrogens is 1. The SMILES string of the molecule is Cc1c(C(=O)N2CCCN(C(=O)Nc3cccc(Cl)c3)CC2)sc2nc(C(F)(F)F)ccc12. The topological polar surface area (TPSA) is 65.5 Å². The number of urea groups is 1. The van der Waals surface area contributed by atoms with E-state index in [4.69, 9.17) is 11.6 Å². The van der Waals surface area contributed by atoms with Gasteiger partial charge in [-0.2, -0.15) is 13.2 Å². The van der Waals surface area contributed by atoms with Crippen LogP contribution in [0.3, 0.4) is 0 Å². The zero-order valence-electron chi connectivity index (χ0n) is 17.6. The van der Waals surface area contributed by atoms with Gasteiger partial charge in [0.15, 0.2) is 0 Å². The van der Waals surface area contributed by atoms with Crippen LogP contribution in [0.15, 0.2) is 36.4 Å². The Morgan fingerprint density at radius 2 is 1.82 bits per heavy atom. The third-order valence-electron chi connectivity index (χ3n) is 5.43. The fourth-order valence-electron chi connectivity index (χ4n) is 3.70. The Morgan fingerprint density at radius 3 is 2.55 bits per heavy atom. The average molecular weight is 497 g/mol. The molecule has 11 heteroatoms. The molecule has 0 aliphatic carbocycles. The zero-order chi connectivity index (χ0) is 23.8. The van der Waals surface area contributed by atoms with Gasteiger partial charge in [0.2, 0.25) is 0 Å². The lowest BCUT2D eigenvalue weighted by Crippen LogP contribution is -2.39. The van der Waals surface area contributed by atoms with Crippen LogP contribution < -0.4 is 5.32 Å². The number of alkyl halides is 3. The summed E-state index contributed by atoms with van der Waals surface area (Å²) in [5.74, 6) is -0.263. The fraction of sp³-hybridized carbons (Fsp3) is 0.318. The molecule has 0 bridgehead atoms. The number of fused-ring (bicyclic) bond motifs is 1. The number of halogens is 4. The summed E-state index contributed by atoms with van der Waals surface area (Å²) in [6.07, 6.45) is -3.97. The molecule has 1 fully saturated rings. The number of carbonyl (C=O) groups excluding carboxylic acids is 2. The summed E-state index contributed by atoms with van der Waals surface area (Å²) < 4.78 is 39.0. The van der Waals surface area contributed by atoms with Crippen molar-refractivity contribution in [3.8, 4) is 0 Å². The molecule has 0 atom stereocenters. The van der Waals surface area contributed by atoms with E-state index in [0.29, 0.717) is 59.1 Å². The second kappa shape index (κ2) is 9.18. The van der Waals surface area contributed by atoms with E-state index in [1.165, 1.54) is 6.07 Å². The van der Waals surface area contributed by atoms with Crippen LogP contribution in [0.5, 0.6) is 0 Å². The smallest absolute Gasteiger partial charge is 0.336 e. The number of hydrogen-bond acceptors (Lipinski definition) is 4. The van der Waals surface area contributed by atoms with E-state index in [9.17, 15) is 22.8 Å². The maximum Gasteiger partial charge on any atom is 0.433 e.